The highest BCUT2D eigenvalue weighted by molar-refractivity contribution is 7.89. The van der Waals surface area contributed by atoms with Crippen LogP contribution in [0.2, 0.25) is 0 Å². The van der Waals surface area contributed by atoms with E-state index < -0.39 is 10.0 Å². The van der Waals surface area contributed by atoms with Crippen LogP contribution < -0.4 is 10.0 Å². The lowest BCUT2D eigenvalue weighted by Gasteiger charge is -2.22. The standard InChI is InChI=1S/C13H20N2O3S/c1-10(12-7-5-9-18-12)15-11-6-3-4-8-13(11)19(16,17)14-2/h3-4,6,8,10,12,14-15H,5,7,9H2,1-2H3. The predicted octanol–water partition coefficient (Wildman–Crippen LogP) is 1.57. The Hall–Kier alpha value is -1.11. The summed E-state index contributed by atoms with van der Waals surface area (Å²) in [7, 11) is -2.04. The van der Waals surface area contributed by atoms with Crippen molar-refractivity contribution < 1.29 is 13.2 Å². The molecule has 0 bridgehead atoms. The molecule has 6 heteroatoms. The van der Waals surface area contributed by atoms with Gasteiger partial charge in [0.2, 0.25) is 10.0 Å². The van der Waals surface area contributed by atoms with Crippen LogP contribution in [0.3, 0.4) is 0 Å². The molecule has 0 amide bonds. The summed E-state index contributed by atoms with van der Waals surface area (Å²) in [5, 5.41) is 3.25. The van der Waals surface area contributed by atoms with Crippen LogP contribution in [0, 0.1) is 0 Å². The second-order valence-corrected chi connectivity index (χ2v) is 6.54. The smallest absolute Gasteiger partial charge is 0.242 e. The number of hydrogen-bond donors (Lipinski definition) is 2. The Bertz CT molecular complexity index is 524. The number of para-hydroxylation sites is 1. The lowest BCUT2D eigenvalue weighted by molar-refractivity contribution is 0.0996. The minimum absolute atomic E-state index is 0.0794. The molecular formula is C13H20N2O3S. The van der Waals surface area contributed by atoms with E-state index in [4.69, 9.17) is 4.74 Å². The first-order chi connectivity index (χ1) is 9.04. The second-order valence-electron chi connectivity index (χ2n) is 4.69. The molecule has 106 valence electrons. The largest absolute Gasteiger partial charge is 0.379 e. The van der Waals surface area contributed by atoms with Gasteiger partial charge in [-0.05, 0) is 38.9 Å². The normalized spacial score (nSPS) is 21.3. The molecule has 2 N–H and O–H groups in total. The third kappa shape index (κ3) is 3.26. The van der Waals surface area contributed by atoms with Gasteiger partial charge in [-0.25, -0.2) is 13.1 Å². The summed E-state index contributed by atoms with van der Waals surface area (Å²) in [5.41, 5.74) is 0.611. The van der Waals surface area contributed by atoms with E-state index >= 15 is 0 Å². The minimum Gasteiger partial charge on any atom is -0.379 e. The zero-order valence-electron chi connectivity index (χ0n) is 11.2. The number of nitrogens with one attached hydrogen (secondary N) is 2. The van der Waals surface area contributed by atoms with Crippen molar-refractivity contribution in [3.63, 3.8) is 0 Å². The van der Waals surface area contributed by atoms with Crippen LogP contribution in [-0.2, 0) is 14.8 Å². The van der Waals surface area contributed by atoms with Gasteiger partial charge in [-0.2, -0.15) is 0 Å². The fourth-order valence-corrected chi connectivity index (χ4v) is 3.16. The molecule has 2 rings (SSSR count). The van der Waals surface area contributed by atoms with Crippen molar-refractivity contribution in [1.82, 2.24) is 4.72 Å². The van der Waals surface area contributed by atoms with Gasteiger partial charge < -0.3 is 10.1 Å². The van der Waals surface area contributed by atoms with Gasteiger partial charge in [0.15, 0.2) is 0 Å². The van der Waals surface area contributed by atoms with Crippen LogP contribution >= 0.6 is 0 Å². The Kier molecular flexibility index (Phi) is 4.44. The molecule has 2 atom stereocenters. The van der Waals surface area contributed by atoms with Crippen LogP contribution in [0.15, 0.2) is 29.2 Å². The molecular weight excluding hydrogens is 264 g/mol. The van der Waals surface area contributed by atoms with Crippen molar-refractivity contribution in [2.24, 2.45) is 0 Å². The lowest BCUT2D eigenvalue weighted by atomic mass is 10.1. The molecule has 0 saturated carbocycles. The van der Waals surface area contributed by atoms with Crippen molar-refractivity contribution in [2.75, 3.05) is 19.0 Å². The van der Waals surface area contributed by atoms with Crippen molar-refractivity contribution in [3.05, 3.63) is 24.3 Å². The molecule has 0 radical (unpaired) electrons. The van der Waals surface area contributed by atoms with E-state index in [0.29, 0.717) is 5.69 Å². The van der Waals surface area contributed by atoms with Crippen molar-refractivity contribution >= 4 is 15.7 Å². The van der Waals surface area contributed by atoms with E-state index in [0.717, 1.165) is 19.4 Å². The number of benzene rings is 1. The van der Waals surface area contributed by atoms with Crippen molar-refractivity contribution in [3.8, 4) is 0 Å². The average Bonchev–Trinajstić information content (AvgIpc) is 2.93. The molecule has 1 aromatic carbocycles. The maximum absolute atomic E-state index is 11.9. The summed E-state index contributed by atoms with van der Waals surface area (Å²) in [4.78, 5) is 0.266. The van der Waals surface area contributed by atoms with E-state index in [1.54, 1.807) is 18.2 Å². The molecule has 1 fully saturated rings. The zero-order chi connectivity index (χ0) is 13.9. The molecule has 0 aromatic heterocycles. The number of ether oxygens (including phenoxy) is 1. The first kappa shape index (κ1) is 14.3. The molecule has 1 heterocycles. The van der Waals surface area contributed by atoms with E-state index in [-0.39, 0.29) is 17.0 Å². The topological polar surface area (TPSA) is 67.4 Å². The third-order valence-electron chi connectivity index (χ3n) is 3.35. The van der Waals surface area contributed by atoms with Gasteiger partial charge in [-0.15, -0.1) is 0 Å². The summed E-state index contributed by atoms with van der Waals surface area (Å²) >= 11 is 0. The molecule has 1 aliphatic rings. The molecule has 1 aromatic rings. The first-order valence-electron chi connectivity index (χ1n) is 6.45. The van der Waals surface area contributed by atoms with Crippen LogP contribution in [0.25, 0.3) is 0 Å². The van der Waals surface area contributed by atoms with Gasteiger partial charge in [-0.1, -0.05) is 12.1 Å². The summed E-state index contributed by atoms with van der Waals surface area (Å²) in [6, 6.07) is 6.98. The molecule has 2 unspecified atom stereocenters. The number of hydrogen-bond acceptors (Lipinski definition) is 4. The monoisotopic (exact) mass is 284 g/mol. The number of anilines is 1. The Morgan fingerprint density at radius 3 is 2.74 bits per heavy atom. The van der Waals surface area contributed by atoms with Crippen LogP contribution in [0.5, 0.6) is 0 Å². The van der Waals surface area contributed by atoms with Crippen LogP contribution in [0.4, 0.5) is 5.69 Å². The van der Waals surface area contributed by atoms with Gasteiger partial charge in [0.25, 0.3) is 0 Å². The van der Waals surface area contributed by atoms with Crippen molar-refractivity contribution in [1.29, 1.82) is 0 Å². The van der Waals surface area contributed by atoms with Gasteiger partial charge in [0.05, 0.1) is 11.8 Å². The number of sulfonamides is 1. The van der Waals surface area contributed by atoms with Gasteiger partial charge in [0.1, 0.15) is 4.90 Å². The molecule has 1 aliphatic heterocycles. The molecule has 0 aliphatic carbocycles. The zero-order valence-corrected chi connectivity index (χ0v) is 12.0. The Morgan fingerprint density at radius 2 is 2.11 bits per heavy atom. The quantitative estimate of drug-likeness (QED) is 0.861. The van der Waals surface area contributed by atoms with Crippen LogP contribution in [-0.4, -0.2) is 34.2 Å². The first-order valence-corrected chi connectivity index (χ1v) is 7.93. The fourth-order valence-electron chi connectivity index (χ4n) is 2.27. The maximum atomic E-state index is 11.9. The van der Waals surface area contributed by atoms with Crippen LogP contribution in [0.1, 0.15) is 19.8 Å². The van der Waals surface area contributed by atoms with Crippen molar-refractivity contribution in [2.45, 2.75) is 36.8 Å². The Morgan fingerprint density at radius 1 is 1.37 bits per heavy atom. The minimum atomic E-state index is -3.45. The molecule has 0 spiro atoms. The number of rotatable bonds is 5. The third-order valence-corrected chi connectivity index (χ3v) is 4.82. The average molecular weight is 284 g/mol. The highest BCUT2D eigenvalue weighted by Crippen LogP contribution is 2.24. The highest BCUT2D eigenvalue weighted by Gasteiger charge is 2.24. The van der Waals surface area contributed by atoms with E-state index in [1.165, 1.54) is 7.05 Å². The van der Waals surface area contributed by atoms with Gasteiger partial charge in [0, 0.05) is 12.6 Å². The Balaban J connectivity index is 2.20. The molecule has 5 nitrogen and oxygen atoms in total. The summed E-state index contributed by atoms with van der Waals surface area (Å²) in [5.74, 6) is 0. The summed E-state index contributed by atoms with van der Waals surface area (Å²) in [6.07, 6.45) is 2.22. The lowest BCUT2D eigenvalue weighted by Crippen LogP contribution is -2.31. The SMILES string of the molecule is CNS(=O)(=O)c1ccccc1NC(C)C1CCCO1. The molecule has 19 heavy (non-hydrogen) atoms. The summed E-state index contributed by atoms with van der Waals surface area (Å²) < 4.78 is 31.8. The molecule has 1 saturated heterocycles. The Labute approximate surface area is 114 Å². The summed E-state index contributed by atoms with van der Waals surface area (Å²) in [6.45, 7) is 2.80. The maximum Gasteiger partial charge on any atom is 0.242 e. The predicted molar refractivity (Wildman–Crippen MR) is 74.7 cm³/mol. The van der Waals surface area contributed by atoms with Gasteiger partial charge in [-0.3, -0.25) is 0 Å². The highest BCUT2D eigenvalue weighted by atomic mass is 32.2. The van der Waals surface area contributed by atoms with E-state index in [9.17, 15) is 8.42 Å². The second kappa shape index (κ2) is 5.90. The van der Waals surface area contributed by atoms with Gasteiger partial charge >= 0.3 is 0 Å². The van der Waals surface area contributed by atoms with E-state index in [1.807, 2.05) is 13.0 Å². The van der Waals surface area contributed by atoms with E-state index in [2.05, 4.69) is 10.0 Å². The fraction of sp³-hybridized carbons (Fsp3) is 0.538.